The number of nitrogens with one attached hydrogen (secondary N) is 2. The van der Waals surface area contributed by atoms with E-state index in [1.165, 1.54) is 18.1 Å². The zero-order valence-electron chi connectivity index (χ0n) is 12.5. The third-order valence-corrected chi connectivity index (χ3v) is 4.59. The molecule has 3 N–H and O–H groups in total. The molecule has 7 heteroatoms. The van der Waals surface area contributed by atoms with Crippen molar-refractivity contribution in [2.24, 2.45) is 0 Å². The predicted molar refractivity (Wildman–Crippen MR) is 92.1 cm³/mol. The average Bonchev–Trinajstić information content (AvgIpc) is 3.15. The summed E-state index contributed by atoms with van der Waals surface area (Å²) in [6, 6.07) is 7.69. The van der Waals surface area contributed by atoms with Gasteiger partial charge in [0.25, 0.3) is 0 Å². The monoisotopic (exact) mass is 336 g/mol. The van der Waals surface area contributed by atoms with Crippen molar-refractivity contribution < 1.29 is 9.90 Å². The first-order valence-corrected chi connectivity index (χ1v) is 8.08. The zero-order valence-corrected chi connectivity index (χ0v) is 13.3. The van der Waals surface area contributed by atoms with Gasteiger partial charge < -0.3 is 15.4 Å². The predicted octanol–water partition coefficient (Wildman–Crippen LogP) is 2.22. The molecule has 0 spiro atoms. The molecule has 0 radical (unpaired) electrons. The summed E-state index contributed by atoms with van der Waals surface area (Å²) in [4.78, 5) is 24.1. The van der Waals surface area contributed by atoms with Gasteiger partial charge in [-0.1, -0.05) is 23.7 Å². The van der Waals surface area contributed by atoms with Crippen LogP contribution in [0.4, 0.5) is 11.5 Å². The van der Waals surface area contributed by atoms with Crippen molar-refractivity contribution in [2.75, 3.05) is 11.9 Å². The molecule has 0 fully saturated rings. The first-order valence-electron chi connectivity index (χ1n) is 7.27. The molecule has 4 rings (SSSR count). The maximum absolute atomic E-state index is 11.5. The Labute approximate surface area is 141 Å². The number of nitrogens with zero attached hydrogens (tertiary/aromatic N) is 2. The number of H-pyrrole nitrogens is 1. The van der Waals surface area contributed by atoms with Gasteiger partial charge in [0.2, 0.25) is 0 Å². The highest BCUT2D eigenvalue weighted by Crippen LogP contribution is 2.35. The van der Waals surface area contributed by atoms with Crippen LogP contribution in [0.3, 0.4) is 0 Å². The Morgan fingerprint density at radius 1 is 1.33 bits per heavy atom. The average molecular weight is 336 g/mol. The molecule has 0 amide bonds. The number of fused-ring (bicyclic) bond motifs is 2. The number of hydrogen-bond donors (Lipinski definition) is 3. The molecule has 0 saturated carbocycles. The lowest BCUT2D eigenvalue weighted by Crippen LogP contribution is -1.95. The number of thioether (sulfide) groups is 1. The fourth-order valence-electron chi connectivity index (χ4n) is 2.57. The van der Waals surface area contributed by atoms with Crippen molar-refractivity contribution in [3.63, 3.8) is 0 Å². The van der Waals surface area contributed by atoms with Gasteiger partial charge in [0.1, 0.15) is 24.4 Å². The van der Waals surface area contributed by atoms with Crippen LogP contribution in [0.2, 0.25) is 0 Å². The number of aromatic nitrogens is 3. The quantitative estimate of drug-likeness (QED) is 0.622. The van der Waals surface area contributed by atoms with E-state index in [0.29, 0.717) is 23.6 Å². The van der Waals surface area contributed by atoms with Gasteiger partial charge in [-0.3, -0.25) is 4.79 Å². The van der Waals surface area contributed by atoms with Gasteiger partial charge in [0.05, 0.1) is 11.1 Å². The molecular weight excluding hydrogens is 324 g/mol. The second-order valence-electron chi connectivity index (χ2n) is 5.23. The molecule has 2 aromatic heterocycles. The molecule has 1 aliphatic rings. The maximum atomic E-state index is 11.5. The Balaban J connectivity index is 1.68. The van der Waals surface area contributed by atoms with E-state index >= 15 is 0 Å². The van der Waals surface area contributed by atoms with E-state index < -0.39 is 0 Å². The summed E-state index contributed by atoms with van der Waals surface area (Å²) in [6.45, 7) is -0.197. The molecule has 0 saturated heterocycles. The number of aromatic amines is 1. The first kappa shape index (κ1) is 14.8. The number of benzene rings is 1. The summed E-state index contributed by atoms with van der Waals surface area (Å²) in [5.41, 5.74) is 3.25. The number of carbonyl (C=O) groups excluding carboxylic acids is 1. The van der Waals surface area contributed by atoms with Crippen LogP contribution in [0.25, 0.3) is 11.0 Å². The molecule has 0 bridgehead atoms. The zero-order chi connectivity index (χ0) is 16.5. The number of rotatable bonds is 2. The molecule has 3 heterocycles. The molecule has 0 aliphatic carbocycles. The summed E-state index contributed by atoms with van der Waals surface area (Å²) < 4.78 is 0. The number of anilines is 2. The third kappa shape index (κ3) is 2.73. The Morgan fingerprint density at radius 3 is 3.12 bits per heavy atom. The van der Waals surface area contributed by atoms with Crippen molar-refractivity contribution in [1.82, 2.24) is 15.0 Å². The van der Waals surface area contributed by atoms with Gasteiger partial charge in [-0.05, 0) is 29.7 Å². The number of aliphatic hydroxyl groups is 1. The van der Waals surface area contributed by atoms with Crippen LogP contribution in [0.5, 0.6) is 0 Å². The van der Waals surface area contributed by atoms with Gasteiger partial charge >= 0.3 is 0 Å². The standard InChI is InChI=1S/C17H12N4O2S/c22-5-1-2-11-7-13-16(20-11)18-9-19-17(13)21-12-4-3-10-6-15(23)24-14(10)8-12/h3-4,7-9,22H,5-6H2,(H2,18,19,20,21). The minimum absolute atomic E-state index is 0.171. The molecular formula is C17H12N4O2S. The largest absolute Gasteiger partial charge is 0.384 e. The van der Waals surface area contributed by atoms with Gasteiger partial charge in [0, 0.05) is 17.0 Å². The lowest BCUT2D eigenvalue weighted by Gasteiger charge is -2.07. The molecule has 3 aromatic rings. The summed E-state index contributed by atoms with van der Waals surface area (Å²) in [5, 5.41) is 13.0. The fourth-order valence-corrected chi connectivity index (χ4v) is 3.50. The summed E-state index contributed by atoms with van der Waals surface area (Å²) in [5.74, 6) is 6.07. The summed E-state index contributed by atoms with van der Waals surface area (Å²) in [7, 11) is 0. The van der Waals surface area contributed by atoms with Crippen LogP contribution < -0.4 is 5.32 Å². The van der Waals surface area contributed by atoms with Crippen molar-refractivity contribution in [2.45, 2.75) is 11.3 Å². The highest BCUT2D eigenvalue weighted by atomic mass is 32.2. The molecule has 1 aliphatic heterocycles. The third-order valence-electron chi connectivity index (χ3n) is 3.62. The molecule has 1 aromatic carbocycles. The minimum Gasteiger partial charge on any atom is -0.384 e. The Bertz CT molecular complexity index is 1020. The highest BCUT2D eigenvalue weighted by molar-refractivity contribution is 8.14. The molecule has 6 nitrogen and oxygen atoms in total. The summed E-state index contributed by atoms with van der Waals surface area (Å²) in [6.07, 6.45) is 1.96. The Hall–Kier alpha value is -2.82. The topological polar surface area (TPSA) is 90.9 Å². The lowest BCUT2D eigenvalue weighted by molar-refractivity contribution is -0.110. The SMILES string of the molecule is O=C1Cc2ccc(Nc3ncnc4[nH]c(C#CCO)cc34)cc2S1. The van der Waals surface area contributed by atoms with Crippen LogP contribution in [-0.2, 0) is 11.2 Å². The molecule has 24 heavy (non-hydrogen) atoms. The minimum atomic E-state index is -0.197. The van der Waals surface area contributed by atoms with Crippen LogP contribution in [0.15, 0.2) is 35.5 Å². The number of aliphatic hydroxyl groups excluding tert-OH is 1. The van der Waals surface area contributed by atoms with E-state index in [1.54, 1.807) is 0 Å². The normalized spacial score (nSPS) is 12.8. The highest BCUT2D eigenvalue weighted by Gasteiger charge is 2.19. The van der Waals surface area contributed by atoms with E-state index in [1.807, 2.05) is 24.3 Å². The van der Waals surface area contributed by atoms with Crippen molar-refractivity contribution in [3.8, 4) is 11.8 Å². The van der Waals surface area contributed by atoms with Crippen LogP contribution in [-0.4, -0.2) is 31.8 Å². The number of hydrogen-bond acceptors (Lipinski definition) is 6. The van der Waals surface area contributed by atoms with Gasteiger partial charge in [-0.25, -0.2) is 9.97 Å². The molecule has 0 atom stereocenters. The van der Waals surface area contributed by atoms with Gasteiger partial charge in [-0.2, -0.15) is 0 Å². The number of carbonyl (C=O) groups is 1. The fraction of sp³-hybridized carbons (Fsp3) is 0.118. The molecule has 0 unspecified atom stereocenters. The van der Waals surface area contributed by atoms with Crippen LogP contribution >= 0.6 is 11.8 Å². The second kappa shape index (κ2) is 6.00. The second-order valence-corrected chi connectivity index (χ2v) is 6.33. The maximum Gasteiger partial charge on any atom is 0.198 e. The molecule has 118 valence electrons. The van der Waals surface area contributed by atoms with Gasteiger partial charge in [-0.15, -0.1) is 0 Å². The first-order chi connectivity index (χ1) is 11.7. The van der Waals surface area contributed by atoms with E-state index in [4.69, 9.17) is 5.11 Å². The Morgan fingerprint density at radius 2 is 2.25 bits per heavy atom. The van der Waals surface area contributed by atoms with E-state index in [2.05, 4.69) is 32.1 Å². The Kier molecular flexibility index (Phi) is 3.69. The smallest absolute Gasteiger partial charge is 0.198 e. The van der Waals surface area contributed by atoms with Crippen molar-refractivity contribution in [1.29, 1.82) is 0 Å². The van der Waals surface area contributed by atoms with Crippen LogP contribution in [0, 0.1) is 11.8 Å². The van der Waals surface area contributed by atoms with Crippen LogP contribution in [0.1, 0.15) is 11.3 Å². The van der Waals surface area contributed by atoms with E-state index in [0.717, 1.165) is 21.5 Å². The van der Waals surface area contributed by atoms with Gasteiger partial charge in [0.15, 0.2) is 5.12 Å². The van der Waals surface area contributed by atoms with E-state index in [-0.39, 0.29) is 11.7 Å². The van der Waals surface area contributed by atoms with Crippen molar-refractivity contribution in [3.05, 3.63) is 41.9 Å². The van der Waals surface area contributed by atoms with Crippen molar-refractivity contribution >= 4 is 39.4 Å². The lowest BCUT2D eigenvalue weighted by atomic mass is 10.1. The summed E-state index contributed by atoms with van der Waals surface area (Å²) >= 11 is 1.27. The van der Waals surface area contributed by atoms with E-state index in [9.17, 15) is 4.79 Å².